The van der Waals surface area contributed by atoms with Gasteiger partial charge in [0.15, 0.2) is 0 Å². The molecule has 0 spiro atoms. The monoisotopic (exact) mass is 508 g/mol. The molecule has 0 bridgehead atoms. The van der Waals surface area contributed by atoms with Crippen LogP contribution < -0.4 is 4.90 Å². The Morgan fingerprint density at radius 3 is 2.20 bits per heavy atom. The summed E-state index contributed by atoms with van der Waals surface area (Å²) in [4.78, 5) is 36.8. The zero-order chi connectivity index (χ0) is 27.2. The van der Waals surface area contributed by atoms with Crippen LogP contribution in [0.25, 0.3) is 0 Å². The Bertz CT molecular complexity index is 840. The Morgan fingerprint density at radius 2 is 1.77 bits per heavy atom. The van der Waals surface area contributed by atoms with Crippen molar-refractivity contribution < 1.29 is 24.2 Å². The normalized spacial score (nSPS) is 17.7. The Labute approximate surface area is 215 Å². The van der Waals surface area contributed by atoms with Crippen LogP contribution in [-0.4, -0.2) is 69.6 Å². The van der Waals surface area contributed by atoms with Gasteiger partial charge in [0, 0.05) is 44.5 Å². The number of anilines is 1. The van der Waals surface area contributed by atoms with E-state index in [9.17, 15) is 9.59 Å². The van der Waals surface area contributed by atoms with Gasteiger partial charge in [-0.05, 0) is 52.5 Å². The van der Waals surface area contributed by atoms with E-state index >= 15 is 0 Å². The summed E-state index contributed by atoms with van der Waals surface area (Å²) in [5, 5.41) is 6.89. The Kier molecular flexibility index (Phi) is 15.2. The summed E-state index contributed by atoms with van der Waals surface area (Å²) < 4.78 is 5.24. The first-order valence-corrected chi connectivity index (χ1v) is 12.7. The molecule has 0 aromatic carbocycles. The average molecular weight is 509 g/mol. The molecule has 1 heterocycles. The standard InChI is InChI=1S/C18H28N2O2S.C8H14O.CH2O2/c1-13-15(11-14(23-13)9-10-18(2,3)4)20(7)16(12-22-8)17(21)19(5)6;1-7-2-4-8(6-9)5-3-7;2-1-3/h11,16H,12H2,1-8H3;6-8H,2-5H2,1H3;1H,(H,2,3). The summed E-state index contributed by atoms with van der Waals surface area (Å²) in [5.41, 5.74) is 1.01. The fraction of sp³-hybridized carbons (Fsp3) is 0.667. The molecule has 1 atom stereocenters. The van der Waals surface area contributed by atoms with E-state index in [-0.39, 0.29) is 23.8 Å². The lowest BCUT2D eigenvalue weighted by Crippen LogP contribution is -2.47. The van der Waals surface area contributed by atoms with Gasteiger partial charge in [0.25, 0.3) is 6.47 Å². The van der Waals surface area contributed by atoms with Gasteiger partial charge in [-0.1, -0.05) is 31.6 Å². The first-order chi connectivity index (χ1) is 16.3. The third-order valence-electron chi connectivity index (χ3n) is 5.60. The van der Waals surface area contributed by atoms with Gasteiger partial charge in [0.05, 0.1) is 17.2 Å². The predicted octanol–water partition coefficient (Wildman–Crippen LogP) is 4.71. The Balaban J connectivity index is 0.000000791. The highest BCUT2D eigenvalue weighted by Gasteiger charge is 2.26. The van der Waals surface area contributed by atoms with Gasteiger partial charge in [0.1, 0.15) is 12.3 Å². The van der Waals surface area contributed by atoms with E-state index in [0.717, 1.165) is 40.5 Å². The lowest BCUT2D eigenvalue weighted by molar-refractivity contribution is -0.131. The van der Waals surface area contributed by atoms with Crippen LogP contribution >= 0.6 is 11.3 Å². The molecule has 8 heteroatoms. The van der Waals surface area contributed by atoms with E-state index in [4.69, 9.17) is 14.6 Å². The summed E-state index contributed by atoms with van der Waals surface area (Å²) >= 11 is 1.66. The van der Waals surface area contributed by atoms with E-state index < -0.39 is 0 Å². The fourth-order valence-corrected chi connectivity index (χ4v) is 4.44. The molecule has 1 aliphatic carbocycles. The molecule has 7 nitrogen and oxygen atoms in total. The molecule has 35 heavy (non-hydrogen) atoms. The van der Waals surface area contributed by atoms with Crippen LogP contribution in [0, 0.1) is 36.0 Å². The molecule has 1 amide bonds. The second-order valence-electron chi connectivity index (χ2n) is 10.1. The fourth-order valence-electron chi connectivity index (χ4n) is 3.53. The number of aryl methyl sites for hydroxylation is 1. The third-order valence-corrected chi connectivity index (χ3v) is 6.56. The molecular formula is C27H44N2O5S. The number of likely N-dealkylation sites (N-methyl/N-ethyl adjacent to an activating group) is 2. The summed E-state index contributed by atoms with van der Waals surface area (Å²) in [6.07, 6.45) is 5.88. The van der Waals surface area contributed by atoms with Gasteiger partial charge in [-0.2, -0.15) is 0 Å². The topological polar surface area (TPSA) is 87.2 Å². The molecule has 0 radical (unpaired) electrons. The minimum absolute atomic E-state index is 0.0244. The number of hydrogen-bond acceptors (Lipinski definition) is 6. The molecule has 1 aromatic heterocycles. The first-order valence-electron chi connectivity index (χ1n) is 11.9. The summed E-state index contributed by atoms with van der Waals surface area (Å²) in [6, 6.07) is 1.72. The number of thiophene rings is 1. The number of methoxy groups -OCH3 is 1. The second-order valence-corrected chi connectivity index (χ2v) is 11.4. The van der Waals surface area contributed by atoms with Crippen molar-refractivity contribution in [3.05, 3.63) is 15.8 Å². The van der Waals surface area contributed by atoms with Crippen LogP contribution in [0.1, 0.15) is 63.1 Å². The molecule has 0 saturated heterocycles. The Morgan fingerprint density at radius 1 is 1.23 bits per heavy atom. The van der Waals surface area contributed by atoms with Gasteiger partial charge in [-0.3, -0.25) is 9.59 Å². The summed E-state index contributed by atoms with van der Waals surface area (Å²) in [7, 11) is 7.07. The lowest BCUT2D eigenvalue weighted by Gasteiger charge is -2.30. The minimum Gasteiger partial charge on any atom is -0.483 e. The van der Waals surface area contributed by atoms with Gasteiger partial charge < -0.3 is 24.4 Å². The van der Waals surface area contributed by atoms with Crippen LogP contribution in [0.4, 0.5) is 5.69 Å². The number of ether oxygens (including phenoxy) is 1. The highest BCUT2D eigenvalue weighted by Crippen LogP contribution is 2.30. The average Bonchev–Trinajstić information content (AvgIpc) is 3.17. The van der Waals surface area contributed by atoms with E-state index in [1.165, 1.54) is 12.8 Å². The SMILES string of the molecule is CC1CCC(C=O)CC1.COCC(C(=O)N(C)C)N(C)c1cc(C#CC(C)(C)C)sc1C.O=CO. The number of amides is 1. The maximum atomic E-state index is 12.4. The maximum absolute atomic E-state index is 12.4. The van der Waals surface area contributed by atoms with Crippen LogP contribution in [0.2, 0.25) is 0 Å². The highest BCUT2D eigenvalue weighted by atomic mass is 32.1. The maximum Gasteiger partial charge on any atom is 0.290 e. The first kappa shape index (κ1) is 32.6. The quantitative estimate of drug-likeness (QED) is 0.443. The predicted molar refractivity (Wildman–Crippen MR) is 144 cm³/mol. The van der Waals surface area contributed by atoms with Crippen LogP contribution in [-0.2, 0) is 19.1 Å². The van der Waals surface area contributed by atoms with Crippen molar-refractivity contribution in [1.82, 2.24) is 4.90 Å². The number of carbonyl (C=O) groups is 3. The number of hydrogen-bond donors (Lipinski definition) is 1. The van der Waals surface area contributed by atoms with Gasteiger partial charge in [0.2, 0.25) is 5.91 Å². The van der Waals surface area contributed by atoms with Crippen molar-refractivity contribution in [2.75, 3.05) is 39.8 Å². The van der Waals surface area contributed by atoms with E-state index in [1.807, 2.05) is 11.9 Å². The zero-order valence-electron chi connectivity index (χ0n) is 22.9. The highest BCUT2D eigenvalue weighted by molar-refractivity contribution is 7.13. The molecule has 1 fully saturated rings. The van der Waals surface area contributed by atoms with Gasteiger partial charge in [-0.15, -0.1) is 11.3 Å². The number of carboxylic acid groups (broad SMARTS) is 1. The van der Waals surface area contributed by atoms with E-state index in [2.05, 4.69) is 52.5 Å². The van der Waals surface area contributed by atoms with Crippen molar-refractivity contribution in [1.29, 1.82) is 0 Å². The van der Waals surface area contributed by atoms with E-state index in [0.29, 0.717) is 12.5 Å². The molecule has 1 N–H and O–H groups in total. The van der Waals surface area contributed by atoms with Crippen molar-refractivity contribution in [3.63, 3.8) is 0 Å². The largest absolute Gasteiger partial charge is 0.483 e. The number of carbonyl (C=O) groups excluding carboxylic acids is 2. The molecule has 1 aromatic rings. The van der Waals surface area contributed by atoms with Crippen LogP contribution in [0.3, 0.4) is 0 Å². The van der Waals surface area contributed by atoms with Crippen molar-refractivity contribution in [3.8, 4) is 11.8 Å². The molecule has 0 aliphatic heterocycles. The van der Waals surface area contributed by atoms with Crippen molar-refractivity contribution >= 4 is 35.7 Å². The molecule has 1 unspecified atom stereocenters. The minimum atomic E-state index is -0.341. The Hall–Kier alpha value is -2.37. The van der Waals surface area contributed by atoms with Gasteiger partial charge in [-0.25, -0.2) is 0 Å². The summed E-state index contributed by atoms with van der Waals surface area (Å²) in [5.74, 6) is 7.78. The van der Waals surface area contributed by atoms with Crippen LogP contribution in [0.15, 0.2) is 6.07 Å². The second kappa shape index (κ2) is 16.3. The molecule has 1 aliphatic rings. The van der Waals surface area contributed by atoms with Crippen LogP contribution in [0.5, 0.6) is 0 Å². The van der Waals surface area contributed by atoms with Gasteiger partial charge >= 0.3 is 0 Å². The third kappa shape index (κ3) is 12.8. The zero-order valence-corrected chi connectivity index (χ0v) is 23.7. The summed E-state index contributed by atoms with van der Waals surface area (Å²) in [6.45, 7) is 10.7. The number of nitrogens with zero attached hydrogens (tertiary/aromatic N) is 2. The molecule has 198 valence electrons. The number of rotatable bonds is 6. The molecule has 2 rings (SSSR count). The molecular weight excluding hydrogens is 464 g/mol. The number of aldehydes is 1. The van der Waals surface area contributed by atoms with E-state index in [1.54, 1.807) is 37.4 Å². The van der Waals surface area contributed by atoms with Crippen molar-refractivity contribution in [2.24, 2.45) is 17.3 Å². The smallest absolute Gasteiger partial charge is 0.290 e. The van der Waals surface area contributed by atoms with Crippen molar-refractivity contribution in [2.45, 2.75) is 66.3 Å². The lowest BCUT2D eigenvalue weighted by atomic mass is 9.84. The molecule has 1 saturated carbocycles.